The van der Waals surface area contributed by atoms with Crippen LogP contribution in [0.2, 0.25) is 0 Å². The van der Waals surface area contributed by atoms with Crippen LogP contribution in [-0.4, -0.2) is 77.0 Å². The molecule has 6 atom stereocenters. The first-order valence-electron chi connectivity index (χ1n) is 20.4. The van der Waals surface area contributed by atoms with Crippen LogP contribution >= 0.6 is 0 Å². The van der Waals surface area contributed by atoms with Gasteiger partial charge in [0.2, 0.25) is 11.7 Å². The minimum absolute atomic E-state index is 0.0410. The van der Waals surface area contributed by atoms with Crippen molar-refractivity contribution in [3.63, 3.8) is 0 Å². The molecule has 1 fully saturated rings. The van der Waals surface area contributed by atoms with E-state index < -0.39 is 22.7 Å². The van der Waals surface area contributed by atoms with Gasteiger partial charge in [-0.05, 0) is 90.6 Å². The van der Waals surface area contributed by atoms with Gasteiger partial charge in [-0.1, -0.05) is 73.1 Å². The van der Waals surface area contributed by atoms with Gasteiger partial charge in [-0.2, -0.15) is 0 Å². The standard InChI is InChI=1S/C47H55N3O9/c1-4-27-56-37-22-23-42-40(30-37)45-38(16-10-12-26-52)35(15-9-11-25-51)29-39-41(48-58-32-34-13-7-6-8-14-34)31-43(47(59-42,46(39)45)57-28-5-2)49(3)44(53)24-19-33-17-20-36(21-18-33)50(54)55/h4-8,13-14,17-24,29-30,35,38,43,45-46,51-52H,1-2,9-12,15-16,25-28,31-32H2,3H3. The van der Waals surface area contributed by atoms with Crippen molar-refractivity contribution < 1.29 is 39.0 Å². The Hall–Kier alpha value is -5.56. The number of non-ortho nitro benzene ring substituents is 1. The van der Waals surface area contributed by atoms with Crippen LogP contribution in [0.25, 0.3) is 6.08 Å². The molecule has 0 aromatic heterocycles. The summed E-state index contributed by atoms with van der Waals surface area (Å²) in [5, 5.41) is 35.8. The molecule has 12 nitrogen and oxygen atoms in total. The highest BCUT2D eigenvalue weighted by Crippen LogP contribution is 2.61. The molecule has 1 amide bonds. The van der Waals surface area contributed by atoms with E-state index in [1.54, 1.807) is 42.3 Å². The van der Waals surface area contributed by atoms with Crippen molar-refractivity contribution in [1.82, 2.24) is 4.90 Å². The van der Waals surface area contributed by atoms with Gasteiger partial charge < -0.3 is 34.2 Å². The first kappa shape index (κ1) is 43.0. The van der Waals surface area contributed by atoms with Crippen molar-refractivity contribution in [2.45, 2.75) is 69.3 Å². The molecule has 59 heavy (non-hydrogen) atoms. The highest BCUT2D eigenvalue weighted by atomic mass is 16.7. The summed E-state index contributed by atoms with van der Waals surface area (Å²) in [6.07, 6.45) is 13.6. The second-order valence-electron chi connectivity index (χ2n) is 15.3. The quantitative estimate of drug-likeness (QED) is 0.0357. The number of carbonyl (C=O) groups is 1. The summed E-state index contributed by atoms with van der Waals surface area (Å²) in [5.41, 5.74) is 4.12. The monoisotopic (exact) mass is 805 g/mol. The number of likely N-dealkylation sites (N-methyl/N-ethyl adjacent to an activating group) is 1. The van der Waals surface area contributed by atoms with Gasteiger partial charge in [0.15, 0.2) is 0 Å². The highest BCUT2D eigenvalue weighted by Gasteiger charge is 2.65. The number of oxime groups is 1. The molecule has 3 aromatic rings. The Morgan fingerprint density at radius 3 is 2.42 bits per heavy atom. The average molecular weight is 806 g/mol. The number of hydrogen-bond donors (Lipinski definition) is 2. The minimum atomic E-state index is -1.41. The number of aliphatic hydroxyl groups excluding tert-OH is 2. The van der Waals surface area contributed by atoms with Crippen molar-refractivity contribution >= 4 is 23.4 Å². The number of allylic oxidation sites excluding steroid dienone is 1. The smallest absolute Gasteiger partial charge is 0.269 e. The van der Waals surface area contributed by atoms with Crippen molar-refractivity contribution in [3.8, 4) is 11.5 Å². The zero-order valence-corrected chi connectivity index (χ0v) is 33.7. The molecular weight excluding hydrogens is 751 g/mol. The maximum Gasteiger partial charge on any atom is 0.269 e. The van der Waals surface area contributed by atoms with E-state index in [4.69, 9.17) is 24.2 Å². The lowest BCUT2D eigenvalue weighted by Gasteiger charge is -2.59. The molecule has 2 N–H and O–H groups in total. The first-order valence-corrected chi connectivity index (χ1v) is 20.4. The Bertz CT molecular complexity index is 2010. The van der Waals surface area contributed by atoms with E-state index >= 15 is 0 Å². The summed E-state index contributed by atoms with van der Waals surface area (Å²) in [7, 11) is 1.72. The topological polar surface area (TPSA) is 153 Å². The second-order valence-corrected chi connectivity index (χ2v) is 15.3. The number of ether oxygens (including phenoxy) is 3. The number of carbonyl (C=O) groups excluding carboxylic acids is 1. The van der Waals surface area contributed by atoms with Crippen LogP contribution in [0.5, 0.6) is 11.5 Å². The Labute approximate surface area is 346 Å². The summed E-state index contributed by atoms with van der Waals surface area (Å²) < 4.78 is 20.2. The van der Waals surface area contributed by atoms with Gasteiger partial charge in [0.05, 0.1) is 23.2 Å². The fourth-order valence-corrected chi connectivity index (χ4v) is 8.88. The average Bonchev–Trinajstić information content (AvgIpc) is 3.25. The van der Waals surface area contributed by atoms with Crippen LogP contribution in [0.3, 0.4) is 0 Å². The van der Waals surface area contributed by atoms with Gasteiger partial charge in [0.25, 0.3) is 5.69 Å². The van der Waals surface area contributed by atoms with Crippen LogP contribution in [0, 0.1) is 27.9 Å². The lowest BCUT2D eigenvalue weighted by atomic mass is 9.55. The number of nitro benzene ring substituents is 1. The van der Waals surface area contributed by atoms with E-state index in [-0.39, 0.29) is 62.2 Å². The van der Waals surface area contributed by atoms with Gasteiger partial charge in [0.1, 0.15) is 30.8 Å². The van der Waals surface area contributed by atoms with Gasteiger partial charge in [-0.25, -0.2) is 0 Å². The summed E-state index contributed by atoms with van der Waals surface area (Å²) in [4.78, 5) is 32.8. The van der Waals surface area contributed by atoms with Crippen molar-refractivity contribution in [2.75, 3.05) is 33.5 Å². The predicted molar refractivity (Wildman–Crippen MR) is 227 cm³/mol. The molecule has 3 aliphatic rings. The normalized spacial score (nSPS) is 23.7. The molecule has 0 saturated heterocycles. The molecule has 2 aliphatic carbocycles. The van der Waals surface area contributed by atoms with E-state index in [1.165, 1.54) is 18.2 Å². The SMILES string of the molecule is C=CCOc1ccc2c(c1)C1C(CCCCO)C(CCCCO)C=C3C(=NOCc4ccccc4)CC(N(C)C(=O)C=Cc4ccc([N+](=O)[O-])cc4)C(OCC=C)(O2)C31. The number of hydrogen-bond acceptors (Lipinski definition) is 10. The Balaban J connectivity index is 1.52. The molecular formula is C47H55N3O9. The van der Waals surface area contributed by atoms with Crippen LogP contribution in [0.15, 0.2) is 121 Å². The van der Waals surface area contributed by atoms with Crippen molar-refractivity contribution in [2.24, 2.45) is 22.9 Å². The van der Waals surface area contributed by atoms with Crippen LogP contribution in [0.1, 0.15) is 67.6 Å². The third-order valence-corrected chi connectivity index (χ3v) is 11.6. The number of benzene rings is 3. The summed E-state index contributed by atoms with van der Waals surface area (Å²) >= 11 is 0. The largest absolute Gasteiger partial charge is 0.490 e. The van der Waals surface area contributed by atoms with Crippen LogP contribution < -0.4 is 9.47 Å². The number of unbranched alkanes of at least 4 members (excludes halogenated alkanes) is 2. The summed E-state index contributed by atoms with van der Waals surface area (Å²) in [6, 6.07) is 20.9. The molecule has 0 spiro atoms. The van der Waals surface area contributed by atoms with E-state index in [0.29, 0.717) is 42.2 Å². The number of rotatable bonds is 21. The summed E-state index contributed by atoms with van der Waals surface area (Å²) in [5.74, 6) is -0.968. The lowest BCUT2D eigenvalue weighted by Crippen LogP contribution is -2.69. The third kappa shape index (κ3) is 9.84. The summed E-state index contributed by atoms with van der Waals surface area (Å²) in [6.45, 7) is 8.70. The molecule has 3 aromatic carbocycles. The predicted octanol–water partition coefficient (Wildman–Crippen LogP) is 8.17. The molecule has 1 saturated carbocycles. The van der Waals surface area contributed by atoms with E-state index in [2.05, 4.69) is 19.2 Å². The van der Waals surface area contributed by atoms with E-state index in [9.17, 15) is 25.1 Å². The van der Waals surface area contributed by atoms with Crippen LogP contribution in [-0.2, 0) is 21.0 Å². The molecule has 6 unspecified atom stereocenters. The zero-order valence-electron chi connectivity index (χ0n) is 33.7. The van der Waals surface area contributed by atoms with Gasteiger partial charge in [-0.3, -0.25) is 14.9 Å². The molecule has 312 valence electrons. The molecule has 1 heterocycles. The van der Waals surface area contributed by atoms with Crippen molar-refractivity contribution in [1.29, 1.82) is 0 Å². The third-order valence-electron chi connectivity index (χ3n) is 11.6. The van der Waals surface area contributed by atoms with Gasteiger partial charge >= 0.3 is 0 Å². The minimum Gasteiger partial charge on any atom is -0.490 e. The Kier molecular flexibility index (Phi) is 14.9. The molecule has 12 heteroatoms. The lowest BCUT2D eigenvalue weighted by molar-refractivity contribution is -0.384. The van der Waals surface area contributed by atoms with E-state index in [1.807, 2.05) is 48.5 Å². The van der Waals surface area contributed by atoms with Crippen LogP contribution in [0.4, 0.5) is 5.69 Å². The fraction of sp³-hybridized carbons (Fsp3) is 0.404. The van der Waals surface area contributed by atoms with Gasteiger partial charge in [0, 0.05) is 56.4 Å². The Morgan fingerprint density at radius 1 is 1.00 bits per heavy atom. The number of amides is 1. The van der Waals surface area contributed by atoms with E-state index in [0.717, 1.165) is 42.4 Å². The van der Waals surface area contributed by atoms with Gasteiger partial charge in [-0.15, -0.1) is 6.58 Å². The second kappa shape index (κ2) is 20.4. The molecule has 0 bridgehead atoms. The maximum absolute atomic E-state index is 14.3. The maximum atomic E-state index is 14.3. The number of nitrogens with zero attached hydrogens (tertiary/aromatic N) is 3. The fourth-order valence-electron chi connectivity index (χ4n) is 8.88. The number of nitro groups is 1. The first-order chi connectivity index (χ1) is 28.7. The number of fused-ring (bicyclic) bond motifs is 2. The highest BCUT2D eigenvalue weighted by molar-refractivity contribution is 6.03. The Morgan fingerprint density at radius 2 is 1.73 bits per heavy atom. The molecule has 6 rings (SSSR count). The number of aliphatic hydroxyl groups is 2. The zero-order chi connectivity index (χ0) is 41.8. The molecule has 0 radical (unpaired) electrons. The van der Waals surface area contributed by atoms with Crippen molar-refractivity contribution in [3.05, 3.63) is 143 Å². The molecule has 1 aliphatic heterocycles.